The fourth-order valence-corrected chi connectivity index (χ4v) is 2.14. The molecule has 1 aliphatic rings. The van der Waals surface area contributed by atoms with E-state index in [1.165, 1.54) is 13.2 Å². The second-order valence-electron chi connectivity index (χ2n) is 4.87. The molecule has 3 rings (SSSR count). The molecule has 0 radical (unpaired) electrons. The van der Waals surface area contributed by atoms with E-state index < -0.39 is 0 Å². The maximum absolute atomic E-state index is 12.0. The van der Waals surface area contributed by atoms with Gasteiger partial charge in [-0.1, -0.05) is 24.3 Å². The third kappa shape index (κ3) is 3.32. The van der Waals surface area contributed by atoms with Crippen LogP contribution in [0, 0.1) is 0 Å². The summed E-state index contributed by atoms with van der Waals surface area (Å²) < 4.78 is 4.99. The lowest BCUT2D eigenvalue weighted by Gasteiger charge is -2.03. The molecule has 0 saturated carbocycles. The SMILES string of the molecule is COc1ccc(/C=C2\N=C(Nc3ccccc3)NC2=O)cc1O. The lowest BCUT2D eigenvalue weighted by atomic mass is 10.1. The molecule has 1 aliphatic heterocycles. The van der Waals surface area contributed by atoms with Gasteiger partial charge in [0.05, 0.1) is 7.11 Å². The zero-order valence-corrected chi connectivity index (χ0v) is 12.4. The van der Waals surface area contributed by atoms with Gasteiger partial charge in [0, 0.05) is 5.69 Å². The van der Waals surface area contributed by atoms with Gasteiger partial charge in [-0.3, -0.25) is 10.1 Å². The van der Waals surface area contributed by atoms with E-state index in [4.69, 9.17) is 4.74 Å². The number of ether oxygens (including phenoxy) is 1. The third-order valence-corrected chi connectivity index (χ3v) is 3.24. The van der Waals surface area contributed by atoms with Crippen LogP contribution in [0.3, 0.4) is 0 Å². The number of carbonyl (C=O) groups excluding carboxylic acids is 1. The number of phenolic OH excluding ortho intramolecular Hbond substituents is 1. The second-order valence-corrected chi connectivity index (χ2v) is 4.87. The number of aliphatic imine (C=N–C) groups is 1. The van der Waals surface area contributed by atoms with Gasteiger partial charge in [0.25, 0.3) is 5.91 Å². The highest BCUT2D eigenvalue weighted by Gasteiger charge is 2.20. The molecule has 0 unspecified atom stereocenters. The average molecular weight is 309 g/mol. The molecule has 0 aliphatic carbocycles. The van der Waals surface area contributed by atoms with Crippen LogP contribution in [-0.4, -0.2) is 24.1 Å². The van der Waals surface area contributed by atoms with Gasteiger partial charge in [-0.2, -0.15) is 0 Å². The minimum absolute atomic E-state index is 0.00636. The van der Waals surface area contributed by atoms with Crippen molar-refractivity contribution >= 4 is 23.6 Å². The van der Waals surface area contributed by atoms with Gasteiger partial charge >= 0.3 is 0 Å². The fourth-order valence-electron chi connectivity index (χ4n) is 2.14. The van der Waals surface area contributed by atoms with Gasteiger partial charge in [0.2, 0.25) is 5.96 Å². The summed E-state index contributed by atoms with van der Waals surface area (Å²) in [5.41, 5.74) is 1.74. The largest absolute Gasteiger partial charge is 0.504 e. The monoisotopic (exact) mass is 309 g/mol. The van der Waals surface area contributed by atoms with Gasteiger partial charge < -0.3 is 15.2 Å². The third-order valence-electron chi connectivity index (χ3n) is 3.24. The van der Waals surface area contributed by atoms with Crippen molar-refractivity contribution in [1.29, 1.82) is 0 Å². The molecule has 0 atom stereocenters. The van der Waals surface area contributed by atoms with Crippen LogP contribution in [0.25, 0.3) is 6.08 Å². The number of carbonyl (C=O) groups is 1. The van der Waals surface area contributed by atoms with Crippen molar-refractivity contribution in [2.75, 3.05) is 12.4 Å². The maximum atomic E-state index is 12.0. The van der Waals surface area contributed by atoms with Crippen molar-refractivity contribution in [2.24, 2.45) is 4.99 Å². The van der Waals surface area contributed by atoms with Crippen LogP contribution in [0.5, 0.6) is 11.5 Å². The smallest absolute Gasteiger partial charge is 0.276 e. The van der Waals surface area contributed by atoms with E-state index in [1.54, 1.807) is 18.2 Å². The van der Waals surface area contributed by atoms with Crippen molar-refractivity contribution in [3.63, 3.8) is 0 Å². The van der Waals surface area contributed by atoms with E-state index in [0.29, 0.717) is 17.3 Å². The fraction of sp³-hybridized carbons (Fsp3) is 0.0588. The van der Waals surface area contributed by atoms with Crippen molar-refractivity contribution in [3.8, 4) is 11.5 Å². The van der Waals surface area contributed by atoms with Crippen LogP contribution >= 0.6 is 0 Å². The molecule has 1 amide bonds. The van der Waals surface area contributed by atoms with Crippen LogP contribution < -0.4 is 15.4 Å². The minimum atomic E-state index is -0.307. The van der Waals surface area contributed by atoms with Gasteiger partial charge in [0.1, 0.15) is 5.70 Å². The molecule has 23 heavy (non-hydrogen) atoms. The lowest BCUT2D eigenvalue weighted by Crippen LogP contribution is -2.29. The normalized spacial score (nSPS) is 15.3. The Morgan fingerprint density at radius 3 is 2.70 bits per heavy atom. The summed E-state index contributed by atoms with van der Waals surface area (Å²) in [7, 11) is 1.48. The number of hydrogen-bond acceptors (Lipinski definition) is 5. The number of phenols is 1. The molecule has 0 bridgehead atoms. The average Bonchev–Trinajstić information content (AvgIpc) is 2.88. The second kappa shape index (κ2) is 6.23. The number of para-hydroxylation sites is 1. The van der Waals surface area contributed by atoms with Crippen LogP contribution in [0.2, 0.25) is 0 Å². The Labute approximate surface area is 133 Å². The van der Waals surface area contributed by atoms with E-state index in [2.05, 4.69) is 15.6 Å². The molecule has 116 valence electrons. The molecule has 3 N–H and O–H groups in total. The predicted molar refractivity (Wildman–Crippen MR) is 88.3 cm³/mol. The van der Waals surface area contributed by atoms with Crippen LogP contribution in [-0.2, 0) is 4.79 Å². The van der Waals surface area contributed by atoms with Crippen molar-refractivity contribution in [3.05, 3.63) is 59.8 Å². The number of methoxy groups -OCH3 is 1. The van der Waals surface area contributed by atoms with Crippen molar-refractivity contribution < 1.29 is 14.6 Å². The molecule has 0 spiro atoms. The van der Waals surface area contributed by atoms with E-state index in [-0.39, 0.29) is 17.4 Å². The zero-order valence-electron chi connectivity index (χ0n) is 12.4. The minimum Gasteiger partial charge on any atom is -0.504 e. The first-order chi connectivity index (χ1) is 11.2. The molecule has 2 aromatic carbocycles. The first-order valence-electron chi connectivity index (χ1n) is 6.96. The molecular weight excluding hydrogens is 294 g/mol. The summed E-state index contributed by atoms with van der Waals surface area (Å²) in [5.74, 6) is 0.439. The molecule has 2 aromatic rings. The summed E-state index contributed by atoms with van der Waals surface area (Å²) in [6, 6.07) is 14.3. The highest BCUT2D eigenvalue weighted by atomic mass is 16.5. The van der Waals surface area contributed by atoms with Crippen molar-refractivity contribution in [2.45, 2.75) is 0 Å². The summed E-state index contributed by atoms with van der Waals surface area (Å²) in [5, 5.41) is 15.5. The number of nitrogens with one attached hydrogen (secondary N) is 2. The van der Waals surface area contributed by atoms with Crippen molar-refractivity contribution in [1.82, 2.24) is 5.32 Å². The molecule has 0 aromatic heterocycles. The van der Waals surface area contributed by atoms with E-state index in [1.807, 2.05) is 30.3 Å². The lowest BCUT2D eigenvalue weighted by molar-refractivity contribution is -0.115. The first kappa shape index (κ1) is 14.6. The number of hydrogen-bond donors (Lipinski definition) is 3. The number of rotatable bonds is 3. The van der Waals surface area contributed by atoms with E-state index in [0.717, 1.165) is 5.69 Å². The number of anilines is 1. The van der Waals surface area contributed by atoms with Gasteiger partial charge in [-0.05, 0) is 35.9 Å². The molecule has 1 heterocycles. The van der Waals surface area contributed by atoms with Crippen LogP contribution in [0.15, 0.2) is 59.2 Å². The highest BCUT2D eigenvalue weighted by molar-refractivity contribution is 6.17. The highest BCUT2D eigenvalue weighted by Crippen LogP contribution is 2.27. The Kier molecular flexibility index (Phi) is 3.97. The van der Waals surface area contributed by atoms with E-state index >= 15 is 0 Å². The summed E-state index contributed by atoms with van der Waals surface area (Å²) >= 11 is 0. The summed E-state index contributed by atoms with van der Waals surface area (Å²) in [6.07, 6.45) is 1.59. The predicted octanol–water partition coefficient (Wildman–Crippen LogP) is 2.34. The summed E-state index contributed by atoms with van der Waals surface area (Å²) in [4.78, 5) is 16.2. The number of amides is 1. The number of aromatic hydroxyl groups is 1. The molecule has 6 heteroatoms. The first-order valence-corrected chi connectivity index (χ1v) is 6.96. The Bertz CT molecular complexity index is 798. The number of nitrogens with zero attached hydrogens (tertiary/aromatic N) is 1. The Morgan fingerprint density at radius 1 is 1.22 bits per heavy atom. The number of guanidine groups is 1. The van der Waals surface area contributed by atoms with Crippen LogP contribution in [0.1, 0.15) is 5.56 Å². The topological polar surface area (TPSA) is 83.0 Å². The quantitative estimate of drug-likeness (QED) is 0.760. The van der Waals surface area contributed by atoms with E-state index in [9.17, 15) is 9.90 Å². The molecule has 6 nitrogen and oxygen atoms in total. The van der Waals surface area contributed by atoms with Crippen LogP contribution in [0.4, 0.5) is 5.69 Å². The maximum Gasteiger partial charge on any atom is 0.276 e. The Morgan fingerprint density at radius 2 is 2.00 bits per heavy atom. The summed E-state index contributed by atoms with van der Waals surface area (Å²) in [6.45, 7) is 0. The molecule has 0 fully saturated rings. The van der Waals surface area contributed by atoms with Gasteiger partial charge in [-0.25, -0.2) is 4.99 Å². The van der Waals surface area contributed by atoms with Gasteiger partial charge in [0.15, 0.2) is 11.5 Å². The Balaban J connectivity index is 1.82. The Hall–Kier alpha value is -3.28. The standard InChI is InChI=1S/C17H15N3O3/c1-23-15-8-7-11(10-14(15)21)9-13-16(22)20-17(19-13)18-12-5-3-2-4-6-12/h2-10,21H,1H3,(H2,18,19,20,22)/b13-9-. The number of benzene rings is 2. The molecular formula is C17H15N3O3. The molecule has 0 saturated heterocycles. The zero-order chi connectivity index (χ0) is 16.2. The van der Waals surface area contributed by atoms with Gasteiger partial charge in [-0.15, -0.1) is 0 Å².